The van der Waals surface area contributed by atoms with Crippen molar-refractivity contribution in [2.45, 2.75) is 102 Å². The predicted molar refractivity (Wildman–Crippen MR) is 102 cm³/mol. The van der Waals surface area contributed by atoms with E-state index in [1.165, 1.54) is 0 Å². The summed E-state index contributed by atoms with van der Waals surface area (Å²) in [5.41, 5.74) is 0. The van der Waals surface area contributed by atoms with Crippen LogP contribution in [-0.4, -0.2) is 41.4 Å². The molecule has 0 bridgehead atoms. The van der Waals surface area contributed by atoms with Crippen LogP contribution in [0, 0.1) is 0 Å². The van der Waals surface area contributed by atoms with Crippen molar-refractivity contribution in [3.8, 4) is 0 Å². The van der Waals surface area contributed by atoms with E-state index in [2.05, 4.69) is 13.8 Å². The van der Waals surface area contributed by atoms with Crippen LogP contribution in [0.5, 0.6) is 0 Å². The monoisotopic (exact) mass is 442 g/mol. The summed E-state index contributed by atoms with van der Waals surface area (Å²) in [7, 11) is -4.82. The number of carboxylic acids is 1. The fourth-order valence-electron chi connectivity index (χ4n) is 2.75. The molecule has 7 nitrogen and oxygen atoms in total. The topological polar surface area (TPSA) is 118 Å². The molecule has 0 spiro atoms. The van der Waals surface area contributed by atoms with Gasteiger partial charge in [0.15, 0.2) is 5.25 Å². The van der Waals surface area contributed by atoms with Crippen molar-refractivity contribution in [1.82, 2.24) is 0 Å². The van der Waals surface area contributed by atoms with Gasteiger partial charge in [-0.3, -0.25) is 14.1 Å². The second-order valence-corrected chi connectivity index (χ2v) is 8.31. The molecule has 10 heteroatoms. The normalized spacial score (nSPS) is 13.0. The van der Waals surface area contributed by atoms with Crippen LogP contribution in [0.3, 0.4) is 0 Å². The number of unbranched alkanes of at least 4 members (excludes halogenated alkanes) is 7. The van der Waals surface area contributed by atoms with Crippen molar-refractivity contribution in [1.29, 1.82) is 0 Å². The van der Waals surface area contributed by atoms with Crippen LogP contribution in [-0.2, 0) is 24.4 Å². The quantitative estimate of drug-likeness (QED) is 0.125. The Balaban J connectivity index is -0.000000521. The molecule has 2 N–H and O–H groups in total. The maximum atomic E-state index is 12.1. The Labute approximate surface area is 217 Å². The third kappa shape index (κ3) is 17.7. The molecular formula is C18H36Na2O7S. The van der Waals surface area contributed by atoms with Gasteiger partial charge in [-0.2, -0.15) is 8.42 Å². The fourth-order valence-corrected chi connectivity index (χ4v) is 3.40. The first-order chi connectivity index (χ1) is 12.2. The van der Waals surface area contributed by atoms with E-state index in [-0.39, 0.29) is 62.0 Å². The second kappa shape index (κ2) is 19.8. The van der Waals surface area contributed by atoms with Gasteiger partial charge in [-0.1, -0.05) is 58.8 Å². The number of carboxylic acid groups (broad SMARTS) is 1. The molecule has 0 rings (SSSR count). The van der Waals surface area contributed by atoms with Crippen molar-refractivity contribution >= 4 is 22.1 Å². The molecule has 0 radical (unpaired) electrons. The Hall–Kier alpha value is 0.850. The molecule has 2 unspecified atom stereocenters. The maximum Gasteiger partial charge on any atom is 1.00 e. The molecule has 0 aromatic carbocycles. The van der Waals surface area contributed by atoms with Crippen molar-refractivity contribution in [2.75, 3.05) is 0 Å². The summed E-state index contributed by atoms with van der Waals surface area (Å²) in [5, 5.41) is 6.70. The van der Waals surface area contributed by atoms with Crippen LogP contribution in [0.15, 0.2) is 0 Å². The van der Waals surface area contributed by atoms with Gasteiger partial charge in [0.1, 0.15) is 6.10 Å². The Kier molecular flexibility index (Phi) is 23.7. The van der Waals surface area contributed by atoms with E-state index in [1.807, 2.05) is 0 Å². The third-order valence-corrected chi connectivity index (χ3v) is 5.35. The molecule has 0 fully saturated rings. The minimum Gasteiger partial charge on any atom is -1.00 e. The van der Waals surface area contributed by atoms with E-state index < -0.39 is 39.8 Å². The largest absolute Gasteiger partial charge is 1.00 e. The van der Waals surface area contributed by atoms with Crippen LogP contribution in [0.4, 0.5) is 0 Å². The van der Waals surface area contributed by atoms with Crippen molar-refractivity contribution < 1.29 is 94.4 Å². The summed E-state index contributed by atoms with van der Waals surface area (Å²) >= 11 is 0. The number of carbonyl (C=O) groups excluding carboxylic acids is 1. The summed E-state index contributed by atoms with van der Waals surface area (Å²) in [4.78, 5) is 22.9. The third-order valence-electron chi connectivity index (χ3n) is 4.27. The Morgan fingerprint density at radius 1 is 0.893 bits per heavy atom. The van der Waals surface area contributed by atoms with Gasteiger partial charge in [0.2, 0.25) is 0 Å². The molecule has 2 atom stereocenters. The summed E-state index contributed by atoms with van der Waals surface area (Å²) in [6.07, 6.45) is 9.02. The first-order valence-corrected chi connectivity index (χ1v) is 11.1. The molecule has 0 saturated carbocycles. The fraction of sp³-hybridized carbons (Fsp3) is 0.889. The minimum absolute atomic E-state index is 0. The average molecular weight is 443 g/mol. The summed E-state index contributed by atoms with van der Waals surface area (Å²) in [6.45, 7) is 4.21. The van der Waals surface area contributed by atoms with Crippen LogP contribution in [0.25, 0.3) is 0 Å². The van der Waals surface area contributed by atoms with Gasteiger partial charge >= 0.3 is 71.1 Å². The van der Waals surface area contributed by atoms with Gasteiger partial charge in [0.05, 0.1) is 6.42 Å². The molecule has 0 aliphatic carbocycles. The number of esters is 1. The Bertz CT molecular complexity index is 523. The van der Waals surface area contributed by atoms with Gasteiger partial charge in [-0.05, 0) is 25.7 Å². The first kappa shape index (κ1) is 33.5. The zero-order valence-electron chi connectivity index (χ0n) is 20.0. The Morgan fingerprint density at radius 2 is 1.32 bits per heavy atom. The molecule has 0 amide bonds. The molecule has 0 heterocycles. The van der Waals surface area contributed by atoms with Crippen molar-refractivity contribution in [3.63, 3.8) is 0 Å². The van der Waals surface area contributed by atoms with Crippen LogP contribution in [0.1, 0.15) is 93.8 Å². The van der Waals surface area contributed by atoms with E-state index in [9.17, 15) is 18.0 Å². The molecule has 0 aliphatic rings. The second-order valence-electron chi connectivity index (χ2n) is 6.71. The molecule has 28 heavy (non-hydrogen) atoms. The van der Waals surface area contributed by atoms with E-state index in [4.69, 9.17) is 14.4 Å². The number of hydrogen-bond acceptors (Lipinski definition) is 5. The standard InChI is InChI=1S/C18H34O7S.2Na.2H/c1-3-5-7-9-11-13-15(12-10-8-6-4-2)25-18(21)16(14-17(19)20)26(22,23)24;;;;/h15-16H,3-14H2,1-2H3,(H,19,20)(H,22,23,24);;;;/q;2*+1;2*-1. The van der Waals surface area contributed by atoms with Crippen molar-refractivity contribution in [3.05, 3.63) is 0 Å². The molecule has 0 saturated heterocycles. The van der Waals surface area contributed by atoms with Crippen molar-refractivity contribution in [2.24, 2.45) is 0 Å². The molecular weight excluding hydrogens is 406 g/mol. The number of rotatable bonds is 16. The molecule has 0 aliphatic heterocycles. The average Bonchev–Trinajstić information content (AvgIpc) is 2.54. The number of aliphatic carboxylic acids is 1. The van der Waals surface area contributed by atoms with Gasteiger partial charge in [0.25, 0.3) is 10.1 Å². The van der Waals surface area contributed by atoms with Crippen LogP contribution < -0.4 is 59.1 Å². The summed E-state index contributed by atoms with van der Waals surface area (Å²) < 4.78 is 37.0. The van der Waals surface area contributed by atoms with E-state index in [0.717, 1.165) is 57.8 Å². The summed E-state index contributed by atoms with van der Waals surface area (Å²) in [6, 6.07) is 0. The number of hydrogen-bond donors (Lipinski definition) is 2. The molecule has 0 aromatic rings. The summed E-state index contributed by atoms with van der Waals surface area (Å²) in [5.74, 6) is -2.66. The van der Waals surface area contributed by atoms with E-state index in [1.54, 1.807) is 0 Å². The van der Waals surface area contributed by atoms with Gasteiger partial charge in [-0.25, -0.2) is 0 Å². The molecule has 158 valence electrons. The SMILES string of the molecule is CCCCCCCC(CCCCCC)OC(=O)C(CC(=O)O)S(=O)(=O)O.[H-].[H-].[Na+].[Na+]. The smallest absolute Gasteiger partial charge is 1.00 e. The molecule has 0 aromatic heterocycles. The van der Waals surface area contributed by atoms with Gasteiger partial charge < -0.3 is 12.7 Å². The van der Waals surface area contributed by atoms with Crippen LogP contribution >= 0.6 is 0 Å². The predicted octanol–water partition coefficient (Wildman–Crippen LogP) is -1.81. The van der Waals surface area contributed by atoms with E-state index in [0.29, 0.717) is 12.8 Å². The van der Waals surface area contributed by atoms with Gasteiger partial charge in [-0.15, -0.1) is 0 Å². The Morgan fingerprint density at radius 3 is 1.71 bits per heavy atom. The maximum absolute atomic E-state index is 12.1. The number of ether oxygens (including phenoxy) is 1. The van der Waals surface area contributed by atoms with Gasteiger partial charge in [0, 0.05) is 0 Å². The van der Waals surface area contributed by atoms with E-state index >= 15 is 0 Å². The zero-order valence-corrected chi connectivity index (χ0v) is 22.8. The van der Waals surface area contributed by atoms with Crippen LogP contribution in [0.2, 0.25) is 0 Å². The minimum atomic E-state index is -4.82. The first-order valence-electron chi connectivity index (χ1n) is 9.60. The number of carbonyl (C=O) groups is 2. The zero-order chi connectivity index (χ0) is 20.0.